The van der Waals surface area contributed by atoms with Crippen LogP contribution in [0.5, 0.6) is 0 Å². The van der Waals surface area contributed by atoms with E-state index in [-0.39, 0.29) is 12.4 Å². The van der Waals surface area contributed by atoms with Crippen LogP contribution in [0.1, 0.15) is 45.7 Å². The lowest BCUT2D eigenvalue weighted by atomic mass is 10.2. The van der Waals surface area contributed by atoms with E-state index >= 15 is 0 Å². The van der Waals surface area contributed by atoms with E-state index in [1.807, 2.05) is 27.8 Å². The molecule has 0 saturated heterocycles. The molecule has 0 aliphatic carbocycles. The van der Waals surface area contributed by atoms with Crippen molar-refractivity contribution in [2.45, 2.75) is 53.2 Å². The maximum absolute atomic E-state index is 4.53. The number of hydrogen-bond acceptors (Lipinski definition) is 3. The van der Waals surface area contributed by atoms with Gasteiger partial charge >= 0.3 is 0 Å². The van der Waals surface area contributed by atoms with Gasteiger partial charge in [0.25, 0.3) is 0 Å². The zero-order valence-corrected chi connectivity index (χ0v) is 14.1. The van der Waals surface area contributed by atoms with Gasteiger partial charge in [-0.1, -0.05) is 20.8 Å². The fourth-order valence-electron chi connectivity index (χ4n) is 2.03. The second-order valence-electron chi connectivity index (χ2n) is 5.76. The fourth-order valence-corrected chi connectivity index (χ4v) is 2.03. The van der Waals surface area contributed by atoms with E-state index in [1.54, 1.807) is 0 Å². The average Bonchev–Trinajstić information content (AvgIpc) is 3.04. The molecule has 0 spiro atoms. The highest BCUT2D eigenvalue weighted by Gasteiger charge is 2.05. The Balaban J connectivity index is 0.00000220. The van der Waals surface area contributed by atoms with E-state index in [0.29, 0.717) is 12.0 Å². The van der Waals surface area contributed by atoms with Gasteiger partial charge in [0.2, 0.25) is 0 Å². The molecular formula is C15H26ClN5. The van der Waals surface area contributed by atoms with Crippen LogP contribution in [0, 0.1) is 5.92 Å². The Morgan fingerprint density at radius 1 is 1.29 bits per heavy atom. The molecule has 2 aromatic heterocycles. The second-order valence-corrected chi connectivity index (χ2v) is 5.76. The van der Waals surface area contributed by atoms with Crippen molar-refractivity contribution in [2.75, 3.05) is 5.32 Å². The molecule has 1 N–H and O–H groups in total. The number of rotatable bonds is 7. The second kappa shape index (κ2) is 8.08. The first-order chi connectivity index (χ1) is 9.58. The van der Waals surface area contributed by atoms with Gasteiger partial charge in [-0.3, -0.25) is 9.36 Å². The van der Waals surface area contributed by atoms with Crippen molar-refractivity contribution in [1.82, 2.24) is 19.6 Å². The van der Waals surface area contributed by atoms with E-state index < -0.39 is 0 Å². The fraction of sp³-hybridized carbons (Fsp3) is 0.600. The highest BCUT2D eigenvalue weighted by atomic mass is 35.5. The summed E-state index contributed by atoms with van der Waals surface area (Å²) in [5.74, 6) is 1.53. The molecule has 0 aliphatic rings. The molecule has 2 rings (SSSR count). The zero-order valence-electron chi connectivity index (χ0n) is 13.3. The first-order valence-electron chi connectivity index (χ1n) is 7.38. The highest BCUT2D eigenvalue weighted by molar-refractivity contribution is 5.85. The van der Waals surface area contributed by atoms with E-state index in [9.17, 15) is 0 Å². The van der Waals surface area contributed by atoms with E-state index in [1.165, 1.54) is 5.56 Å². The molecule has 0 amide bonds. The minimum atomic E-state index is 0. The molecule has 118 valence electrons. The van der Waals surface area contributed by atoms with Gasteiger partial charge in [-0.05, 0) is 19.3 Å². The maximum Gasteiger partial charge on any atom is 0.148 e. The van der Waals surface area contributed by atoms with Gasteiger partial charge in [-0.2, -0.15) is 10.2 Å². The summed E-state index contributed by atoms with van der Waals surface area (Å²) in [7, 11) is 0. The molecule has 0 fully saturated rings. The van der Waals surface area contributed by atoms with Crippen LogP contribution >= 0.6 is 12.4 Å². The van der Waals surface area contributed by atoms with Crippen LogP contribution in [0.15, 0.2) is 24.7 Å². The third kappa shape index (κ3) is 5.08. The minimum absolute atomic E-state index is 0. The van der Waals surface area contributed by atoms with Gasteiger partial charge in [0.15, 0.2) is 0 Å². The molecule has 0 bridgehead atoms. The molecule has 21 heavy (non-hydrogen) atoms. The smallest absolute Gasteiger partial charge is 0.148 e. The lowest BCUT2D eigenvalue weighted by Gasteiger charge is -2.08. The summed E-state index contributed by atoms with van der Waals surface area (Å²) in [5, 5.41) is 12.2. The minimum Gasteiger partial charge on any atom is -0.364 e. The molecule has 5 nitrogen and oxygen atoms in total. The van der Waals surface area contributed by atoms with Crippen LogP contribution in [0.4, 0.5) is 5.82 Å². The predicted octanol–water partition coefficient (Wildman–Crippen LogP) is 3.74. The lowest BCUT2D eigenvalue weighted by molar-refractivity contribution is 0.479. The van der Waals surface area contributed by atoms with Gasteiger partial charge in [0, 0.05) is 43.2 Å². The van der Waals surface area contributed by atoms with Gasteiger partial charge < -0.3 is 5.32 Å². The molecular weight excluding hydrogens is 286 g/mol. The third-order valence-corrected chi connectivity index (χ3v) is 3.36. The van der Waals surface area contributed by atoms with Crippen molar-refractivity contribution < 1.29 is 0 Å². The largest absolute Gasteiger partial charge is 0.364 e. The topological polar surface area (TPSA) is 47.7 Å². The number of halogens is 1. The Hall–Kier alpha value is -1.49. The summed E-state index contributed by atoms with van der Waals surface area (Å²) < 4.78 is 4.00. The summed E-state index contributed by atoms with van der Waals surface area (Å²) in [6, 6.07) is 2.46. The molecule has 0 radical (unpaired) electrons. The zero-order chi connectivity index (χ0) is 14.5. The van der Waals surface area contributed by atoms with E-state index in [4.69, 9.17) is 0 Å². The number of anilines is 1. The summed E-state index contributed by atoms with van der Waals surface area (Å²) in [5.41, 5.74) is 1.18. The van der Waals surface area contributed by atoms with Gasteiger partial charge in [0.1, 0.15) is 5.82 Å². The number of hydrogen-bond donors (Lipinski definition) is 1. The van der Waals surface area contributed by atoms with E-state index in [0.717, 1.165) is 25.3 Å². The number of nitrogens with one attached hydrogen (secondary N) is 1. The van der Waals surface area contributed by atoms with Crippen molar-refractivity contribution >= 4 is 18.2 Å². The number of nitrogens with zero attached hydrogens (tertiary/aromatic N) is 4. The van der Waals surface area contributed by atoms with Crippen LogP contribution in [-0.2, 0) is 13.1 Å². The lowest BCUT2D eigenvalue weighted by Crippen LogP contribution is -2.06. The Bertz CT molecular complexity index is 532. The molecule has 6 heteroatoms. The standard InChI is InChI=1S/C15H25N5.ClH/c1-5-13(4)20-7-6-15(18-20)16-8-14-9-17-19(11-14)10-12(2)3;/h6-7,9,11-13H,5,8,10H2,1-4H3,(H,16,18);1H. The molecule has 0 saturated carbocycles. The van der Waals surface area contributed by atoms with Crippen LogP contribution in [-0.4, -0.2) is 19.6 Å². The summed E-state index contributed by atoms with van der Waals surface area (Å²) in [4.78, 5) is 0. The highest BCUT2D eigenvalue weighted by Crippen LogP contribution is 2.12. The number of aromatic nitrogens is 4. The Morgan fingerprint density at radius 2 is 2.05 bits per heavy atom. The normalized spacial score (nSPS) is 12.2. The molecule has 0 aliphatic heterocycles. The van der Waals surface area contributed by atoms with Crippen molar-refractivity contribution in [2.24, 2.45) is 5.92 Å². The molecule has 0 aromatic carbocycles. The van der Waals surface area contributed by atoms with Gasteiger partial charge in [-0.15, -0.1) is 12.4 Å². The Kier molecular flexibility index (Phi) is 6.75. The van der Waals surface area contributed by atoms with Crippen molar-refractivity contribution in [3.05, 3.63) is 30.2 Å². The molecule has 2 aromatic rings. The van der Waals surface area contributed by atoms with Crippen LogP contribution < -0.4 is 5.32 Å². The SMILES string of the molecule is CCC(C)n1ccc(NCc2cnn(CC(C)C)c2)n1.Cl. The average molecular weight is 312 g/mol. The maximum atomic E-state index is 4.53. The molecule has 1 unspecified atom stereocenters. The Labute approximate surface area is 133 Å². The van der Waals surface area contributed by atoms with Crippen molar-refractivity contribution in [3.63, 3.8) is 0 Å². The van der Waals surface area contributed by atoms with Gasteiger partial charge in [-0.25, -0.2) is 0 Å². The summed E-state index contributed by atoms with van der Waals surface area (Å²) in [6.45, 7) is 10.5. The van der Waals surface area contributed by atoms with Gasteiger partial charge in [0.05, 0.1) is 6.20 Å². The summed E-state index contributed by atoms with van der Waals surface area (Å²) >= 11 is 0. The molecule has 2 heterocycles. The quantitative estimate of drug-likeness (QED) is 0.847. The Morgan fingerprint density at radius 3 is 2.71 bits per heavy atom. The van der Waals surface area contributed by atoms with Crippen LogP contribution in [0.2, 0.25) is 0 Å². The van der Waals surface area contributed by atoms with Crippen molar-refractivity contribution in [1.29, 1.82) is 0 Å². The van der Waals surface area contributed by atoms with Crippen LogP contribution in [0.25, 0.3) is 0 Å². The predicted molar refractivity (Wildman–Crippen MR) is 88.9 cm³/mol. The van der Waals surface area contributed by atoms with Crippen LogP contribution in [0.3, 0.4) is 0 Å². The van der Waals surface area contributed by atoms with Crippen molar-refractivity contribution in [3.8, 4) is 0 Å². The van der Waals surface area contributed by atoms with E-state index in [2.05, 4.69) is 49.4 Å². The monoisotopic (exact) mass is 311 g/mol. The molecule has 1 atom stereocenters. The summed E-state index contributed by atoms with van der Waals surface area (Å²) in [6.07, 6.45) is 7.13. The first-order valence-corrected chi connectivity index (χ1v) is 7.38. The first kappa shape index (κ1) is 17.6. The third-order valence-electron chi connectivity index (χ3n) is 3.36.